The highest BCUT2D eigenvalue weighted by atomic mass is 16.4. The maximum Gasteiger partial charge on any atom is 0.208 e. The summed E-state index contributed by atoms with van der Waals surface area (Å²) in [5, 5.41) is 60.9. The summed E-state index contributed by atoms with van der Waals surface area (Å²) in [6, 6.07) is 42.8. The molecule has 0 aromatic heterocycles. The summed E-state index contributed by atoms with van der Waals surface area (Å²) in [5.41, 5.74) is 4.32. The van der Waals surface area contributed by atoms with Crippen LogP contribution in [-0.2, 0) is 0 Å². The van der Waals surface area contributed by atoms with E-state index in [-0.39, 0.29) is 5.56 Å². The minimum Gasteiger partial charge on any atom is -0.504 e. The molecule has 0 fully saturated rings. The summed E-state index contributed by atoms with van der Waals surface area (Å²) >= 11 is 0. The van der Waals surface area contributed by atoms with Gasteiger partial charge < -0.3 is 25.5 Å². The van der Waals surface area contributed by atoms with Gasteiger partial charge in [0.15, 0.2) is 11.5 Å². The highest BCUT2D eigenvalue weighted by molar-refractivity contribution is 6.24. The third-order valence-electron chi connectivity index (χ3n) is 8.79. The van der Waals surface area contributed by atoms with Crippen LogP contribution in [0.1, 0.15) is 0 Å². The molecule has 5 N–H and O–H groups in total. The molecule has 0 saturated heterocycles. The molecular weight excluding hydrogens is 560 g/mol. The minimum atomic E-state index is -0.991. The van der Waals surface area contributed by atoms with Crippen molar-refractivity contribution in [3.63, 3.8) is 0 Å². The molecule has 0 spiro atoms. The molecule has 8 rings (SSSR count). The Labute approximate surface area is 257 Å². The lowest BCUT2D eigenvalue weighted by atomic mass is 9.82. The first-order chi connectivity index (χ1) is 21.9. The Kier molecular flexibility index (Phi) is 5.83. The number of aromatic hydroxyl groups is 5. The zero-order chi connectivity index (χ0) is 30.8. The number of phenolic OH excluding ortho intramolecular Hbond substituents is 5. The molecule has 5 nitrogen and oxygen atoms in total. The predicted octanol–water partition coefficient (Wildman–Crippen LogP) is 9.83. The van der Waals surface area contributed by atoms with Crippen LogP contribution >= 0.6 is 0 Å². The molecule has 8 aromatic rings. The third kappa shape index (κ3) is 3.88. The molecule has 0 saturated carbocycles. The van der Waals surface area contributed by atoms with Crippen LogP contribution in [0.4, 0.5) is 0 Å². The van der Waals surface area contributed by atoms with Crippen molar-refractivity contribution in [1.82, 2.24) is 0 Å². The van der Waals surface area contributed by atoms with Crippen LogP contribution in [0, 0.1) is 0 Å². The van der Waals surface area contributed by atoms with Gasteiger partial charge in [0.1, 0.15) is 0 Å². The summed E-state index contributed by atoms with van der Waals surface area (Å²) in [7, 11) is 0. The van der Waals surface area contributed by atoms with Crippen LogP contribution in [0.25, 0.3) is 76.5 Å². The molecule has 0 bridgehead atoms. The predicted molar refractivity (Wildman–Crippen MR) is 181 cm³/mol. The third-order valence-corrected chi connectivity index (χ3v) is 8.79. The fourth-order valence-electron chi connectivity index (χ4n) is 6.73. The van der Waals surface area contributed by atoms with Crippen LogP contribution in [0.15, 0.2) is 127 Å². The van der Waals surface area contributed by atoms with Crippen LogP contribution < -0.4 is 0 Å². The minimum absolute atomic E-state index is 0.172. The maximum atomic E-state index is 11.1. The van der Waals surface area contributed by atoms with Crippen LogP contribution in [0.5, 0.6) is 28.7 Å². The van der Waals surface area contributed by atoms with E-state index >= 15 is 0 Å². The van der Waals surface area contributed by atoms with Gasteiger partial charge in [0, 0.05) is 5.56 Å². The molecule has 0 radical (unpaired) electrons. The van der Waals surface area contributed by atoms with E-state index in [1.807, 2.05) is 78.9 Å². The van der Waals surface area contributed by atoms with E-state index in [4.69, 9.17) is 0 Å². The lowest BCUT2D eigenvalue weighted by Crippen LogP contribution is -1.94. The molecular formula is C40H26O5. The van der Waals surface area contributed by atoms with Crippen molar-refractivity contribution in [2.45, 2.75) is 0 Å². The van der Waals surface area contributed by atoms with Crippen LogP contribution in [0.3, 0.4) is 0 Å². The first-order valence-corrected chi connectivity index (χ1v) is 14.6. The normalized spacial score (nSPS) is 11.6. The Bertz CT molecular complexity index is 2400. The Morgan fingerprint density at radius 3 is 1.36 bits per heavy atom. The van der Waals surface area contributed by atoms with Crippen molar-refractivity contribution < 1.29 is 25.5 Å². The number of hydrogen-bond donors (Lipinski definition) is 5. The zero-order valence-corrected chi connectivity index (χ0v) is 23.9. The Morgan fingerprint density at radius 1 is 0.289 bits per heavy atom. The highest BCUT2D eigenvalue weighted by Crippen LogP contribution is 2.58. The van der Waals surface area contributed by atoms with Crippen molar-refractivity contribution in [3.05, 3.63) is 127 Å². The molecule has 0 aliphatic heterocycles. The van der Waals surface area contributed by atoms with E-state index < -0.39 is 28.7 Å². The van der Waals surface area contributed by atoms with Crippen molar-refractivity contribution in [2.75, 3.05) is 0 Å². The lowest BCUT2D eigenvalue weighted by Gasteiger charge is -2.22. The molecule has 216 valence electrons. The zero-order valence-electron chi connectivity index (χ0n) is 23.9. The van der Waals surface area contributed by atoms with Crippen molar-refractivity contribution in [1.29, 1.82) is 0 Å². The van der Waals surface area contributed by atoms with Crippen molar-refractivity contribution >= 4 is 43.1 Å². The van der Waals surface area contributed by atoms with Gasteiger partial charge in [0.05, 0.1) is 5.56 Å². The first kappa shape index (κ1) is 26.4. The topological polar surface area (TPSA) is 101 Å². The van der Waals surface area contributed by atoms with Crippen molar-refractivity contribution in [2.24, 2.45) is 0 Å². The Balaban J connectivity index is 1.58. The molecule has 0 atom stereocenters. The molecule has 0 amide bonds. The average Bonchev–Trinajstić information content (AvgIpc) is 3.09. The van der Waals surface area contributed by atoms with Crippen LogP contribution in [-0.4, -0.2) is 25.5 Å². The second kappa shape index (κ2) is 9.93. The van der Waals surface area contributed by atoms with E-state index in [0.29, 0.717) is 16.3 Å². The van der Waals surface area contributed by atoms with Gasteiger partial charge in [-0.2, -0.15) is 0 Å². The summed E-state index contributed by atoms with van der Waals surface area (Å²) in [6.07, 6.45) is 0. The molecule has 0 aliphatic carbocycles. The molecule has 8 aromatic carbocycles. The van der Waals surface area contributed by atoms with E-state index in [9.17, 15) is 25.5 Å². The molecule has 45 heavy (non-hydrogen) atoms. The summed E-state index contributed by atoms with van der Waals surface area (Å²) in [4.78, 5) is 0. The summed E-state index contributed by atoms with van der Waals surface area (Å²) < 4.78 is 0. The van der Waals surface area contributed by atoms with Gasteiger partial charge in [-0.3, -0.25) is 0 Å². The SMILES string of the molecule is Oc1c(O)c(O)c(-c2c3ccccc3c(-c3cc4c(ccc5ccccc54)cc3-c3ccccc3)c3ccccc23)c(O)c1O. The number of fused-ring (bicyclic) bond motifs is 5. The van der Waals surface area contributed by atoms with E-state index in [0.717, 1.165) is 54.6 Å². The van der Waals surface area contributed by atoms with E-state index in [1.54, 1.807) is 0 Å². The second-order valence-corrected chi connectivity index (χ2v) is 11.2. The van der Waals surface area contributed by atoms with Gasteiger partial charge in [-0.1, -0.05) is 115 Å². The fraction of sp³-hybridized carbons (Fsp3) is 0. The number of phenols is 5. The molecule has 0 heterocycles. The first-order valence-electron chi connectivity index (χ1n) is 14.6. The highest BCUT2D eigenvalue weighted by Gasteiger charge is 2.28. The van der Waals surface area contributed by atoms with E-state index in [2.05, 4.69) is 48.5 Å². The van der Waals surface area contributed by atoms with Gasteiger partial charge in [0.2, 0.25) is 17.2 Å². The lowest BCUT2D eigenvalue weighted by molar-refractivity contribution is 0.330. The fourth-order valence-corrected chi connectivity index (χ4v) is 6.73. The van der Waals surface area contributed by atoms with Gasteiger partial charge >= 0.3 is 0 Å². The van der Waals surface area contributed by atoms with Gasteiger partial charge in [-0.05, 0) is 77.5 Å². The number of rotatable bonds is 3. The average molecular weight is 587 g/mol. The van der Waals surface area contributed by atoms with Gasteiger partial charge in [-0.25, -0.2) is 0 Å². The Hall–Kier alpha value is -6.20. The number of hydrogen-bond acceptors (Lipinski definition) is 5. The molecule has 0 aliphatic rings. The quantitative estimate of drug-likeness (QED) is 0.0614. The van der Waals surface area contributed by atoms with E-state index in [1.165, 1.54) is 0 Å². The monoisotopic (exact) mass is 586 g/mol. The summed E-state index contributed by atoms with van der Waals surface area (Å²) in [5.74, 6) is -4.27. The largest absolute Gasteiger partial charge is 0.504 e. The maximum absolute atomic E-state index is 11.1. The summed E-state index contributed by atoms with van der Waals surface area (Å²) in [6.45, 7) is 0. The van der Waals surface area contributed by atoms with Gasteiger partial charge in [-0.15, -0.1) is 0 Å². The van der Waals surface area contributed by atoms with Crippen LogP contribution in [0.2, 0.25) is 0 Å². The second-order valence-electron chi connectivity index (χ2n) is 11.2. The standard InChI is InChI=1S/C40H26O5/c41-36-35(37(42)39(44)40(45)38(36)43)34-28-16-8-6-14-26(28)33(27-15-7-9-17-29(27)34)32-21-31-24(19-18-23-12-4-5-13-25(23)31)20-30(32)22-10-2-1-3-11-22/h1-21,41-45H. The Morgan fingerprint density at radius 2 is 0.756 bits per heavy atom. The molecule has 5 heteroatoms. The smallest absolute Gasteiger partial charge is 0.208 e. The van der Waals surface area contributed by atoms with Crippen molar-refractivity contribution in [3.8, 4) is 62.1 Å². The van der Waals surface area contributed by atoms with Gasteiger partial charge in [0.25, 0.3) is 0 Å². The number of benzene rings is 8. The molecule has 0 unspecified atom stereocenters.